The number of benzene rings is 4. The topological polar surface area (TPSA) is 35.5 Å². The highest BCUT2D eigenvalue weighted by Gasteiger charge is 2.14. The first-order chi connectivity index (χ1) is 14.2. The minimum atomic E-state index is -0.333. The minimum Gasteiger partial charge on any atom is -0.497 e. The first-order valence-corrected chi connectivity index (χ1v) is 9.65. The molecule has 0 aliphatic heterocycles. The monoisotopic (exact) mass is 382 g/mol. The molecule has 0 atom stereocenters. The molecular formula is C26H22O3. The van der Waals surface area contributed by atoms with Crippen molar-refractivity contribution in [3.63, 3.8) is 0 Å². The molecule has 0 bridgehead atoms. The number of methoxy groups -OCH3 is 1. The van der Waals surface area contributed by atoms with E-state index in [1.165, 1.54) is 11.6 Å². The van der Waals surface area contributed by atoms with Crippen LogP contribution in [0.1, 0.15) is 12.5 Å². The van der Waals surface area contributed by atoms with Crippen LogP contribution in [0, 0.1) is 0 Å². The van der Waals surface area contributed by atoms with Crippen molar-refractivity contribution in [1.82, 2.24) is 0 Å². The fourth-order valence-electron chi connectivity index (χ4n) is 3.75. The molecule has 0 amide bonds. The Morgan fingerprint density at radius 1 is 0.828 bits per heavy atom. The van der Waals surface area contributed by atoms with Gasteiger partial charge in [0.1, 0.15) is 5.75 Å². The quantitative estimate of drug-likeness (QED) is 0.233. The van der Waals surface area contributed by atoms with Gasteiger partial charge in [-0.2, -0.15) is 0 Å². The highest BCUT2D eigenvalue weighted by atomic mass is 16.5. The molecule has 0 N–H and O–H groups in total. The molecule has 144 valence electrons. The SMILES string of the molecule is CCOC(=O)/C=C/c1c2ccccc2c(-c2ccc(OC)cc2)c2ccccc12. The van der Waals surface area contributed by atoms with Crippen LogP contribution in [0.25, 0.3) is 38.7 Å². The zero-order valence-corrected chi connectivity index (χ0v) is 16.5. The van der Waals surface area contributed by atoms with Crippen LogP contribution in [0.4, 0.5) is 0 Å². The molecule has 0 aliphatic rings. The standard InChI is InChI=1S/C26H22O3/c1-3-29-25(27)17-16-22-20-8-4-6-10-23(20)26(24-11-7-5-9-21(22)24)18-12-14-19(28-2)15-13-18/h4-17H,3H2,1-2H3/b17-16+. The third kappa shape index (κ3) is 3.59. The zero-order valence-electron chi connectivity index (χ0n) is 16.5. The van der Waals surface area contributed by atoms with E-state index in [9.17, 15) is 4.79 Å². The Balaban J connectivity index is 2.02. The summed E-state index contributed by atoms with van der Waals surface area (Å²) in [4.78, 5) is 11.9. The Morgan fingerprint density at radius 3 is 1.90 bits per heavy atom. The van der Waals surface area contributed by atoms with E-state index in [1.807, 2.05) is 42.5 Å². The molecule has 0 radical (unpaired) electrons. The summed E-state index contributed by atoms with van der Waals surface area (Å²) in [5.41, 5.74) is 3.31. The van der Waals surface area contributed by atoms with Crippen LogP contribution in [0.3, 0.4) is 0 Å². The van der Waals surface area contributed by atoms with Crippen molar-refractivity contribution >= 4 is 33.6 Å². The molecule has 0 unspecified atom stereocenters. The summed E-state index contributed by atoms with van der Waals surface area (Å²) >= 11 is 0. The van der Waals surface area contributed by atoms with Crippen LogP contribution >= 0.6 is 0 Å². The predicted molar refractivity (Wildman–Crippen MR) is 119 cm³/mol. The summed E-state index contributed by atoms with van der Waals surface area (Å²) in [5, 5.41) is 4.47. The largest absolute Gasteiger partial charge is 0.497 e. The van der Waals surface area contributed by atoms with Gasteiger partial charge in [0.05, 0.1) is 13.7 Å². The van der Waals surface area contributed by atoms with Gasteiger partial charge in [-0.25, -0.2) is 4.79 Å². The molecule has 0 heterocycles. The fraction of sp³-hybridized carbons (Fsp3) is 0.115. The smallest absolute Gasteiger partial charge is 0.330 e. The van der Waals surface area contributed by atoms with Crippen molar-refractivity contribution in [3.05, 3.63) is 84.4 Å². The Hall–Kier alpha value is -3.59. The molecular weight excluding hydrogens is 360 g/mol. The molecule has 29 heavy (non-hydrogen) atoms. The van der Waals surface area contributed by atoms with Crippen molar-refractivity contribution in [3.8, 4) is 16.9 Å². The summed E-state index contributed by atoms with van der Waals surface area (Å²) in [6.07, 6.45) is 3.37. The number of ether oxygens (including phenoxy) is 2. The number of esters is 1. The van der Waals surface area contributed by atoms with Gasteiger partial charge in [0.15, 0.2) is 0 Å². The maximum atomic E-state index is 11.9. The molecule has 3 nitrogen and oxygen atoms in total. The normalized spacial score (nSPS) is 11.2. The molecule has 3 heteroatoms. The second-order valence-electron chi connectivity index (χ2n) is 6.69. The maximum Gasteiger partial charge on any atom is 0.330 e. The van der Waals surface area contributed by atoms with E-state index < -0.39 is 0 Å². The highest BCUT2D eigenvalue weighted by molar-refractivity contribution is 6.17. The van der Waals surface area contributed by atoms with Gasteiger partial charge in [0.25, 0.3) is 0 Å². The first-order valence-electron chi connectivity index (χ1n) is 9.65. The van der Waals surface area contributed by atoms with Crippen LogP contribution in [-0.4, -0.2) is 19.7 Å². The summed E-state index contributed by atoms with van der Waals surface area (Å²) in [5.74, 6) is 0.497. The van der Waals surface area contributed by atoms with E-state index >= 15 is 0 Å². The van der Waals surface area contributed by atoms with Gasteiger partial charge >= 0.3 is 5.97 Å². The summed E-state index contributed by atoms with van der Waals surface area (Å²) < 4.78 is 10.4. The Labute approximate surface area is 170 Å². The summed E-state index contributed by atoms with van der Waals surface area (Å²) in [6, 6.07) is 24.7. The minimum absolute atomic E-state index is 0.333. The van der Waals surface area contributed by atoms with Crippen LogP contribution in [-0.2, 0) is 9.53 Å². The summed E-state index contributed by atoms with van der Waals surface area (Å²) in [6.45, 7) is 2.17. The maximum absolute atomic E-state index is 11.9. The van der Waals surface area contributed by atoms with E-state index in [0.717, 1.165) is 38.4 Å². The predicted octanol–water partition coefficient (Wildman–Crippen LogP) is 6.24. The van der Waals surface area contributed by atoms with Crippen molar-refractivity contribution in [2.45, 2.75) is 6.92 Å². The summed E-state index contributed by atoms with van der Waals surface area (Å²) in [7, 11) is 1.67. The van der Waals surface area contributed by atoms with Crippen molar-refractivity contribution in [2.24, 2.45) is 0 Å². The first kappa shape index (κ1) is 18.8. The molecule has 4 aromatic rings. The van der Waals surface area contributed by atoms with Crippen LogP contribution < -0.4 is 4.74 Å². The van der Waals surface area contributed by atoms with Crippen molar-refractivity contribution in [2.75, 3.05) is 13.7 Å². The Kier molecular flexibility index (Phi) is 5.30. The lowest BCUT2D eigenvalue weighted by molar-refractivity contribution is -0.137. The number of rotatable bonds is 5. The van der Waals surface area contributed by atoms with Crippen molar-refractivity contribution < 1.29 is 14.3 Å². The highest BCUT2D eigenvalue weighted by Crippen LogP contribution is 2.40. The molecule has 4 rings (SSSR count). The van der Waals surface area contributed by atoms with Gasteiger partial charge < -0.3 is 9.47 Å². The molecule has 4 aromatic carbocycles. The molecule has 0 fully saturated rings. The fourth-order valence-corrected chi connectivity index (χ4v) is 3.75. The van der Waals surface area contributed by atoms with Crippen molar-refractivity contribution in [1.29, 1.82) is 0 Å². The Bertz CT molecular complexity index is 1150. The molecule has 0 saturated heterocycles. The van der Waals surface area contributed by atoms with E-state index in [4.69, 9.17) is 9.47 Å². The molecule has 0 saturated carbocycles. The molecule has 0 aromatic heterocycles. The zero-order chi connectivity index (χ0) is 20.2. The second kappa shape index (κ2) is 8.19. The third-order valence-electron chi connectivity index (χ3n) is 5.02. The average Bonchev–Trinajstić information content (AvgIpc) is 2.77. The van der Waals surface area contributed by atoms with Crippen LogP contribution in [0.15, 0.2) is 78.9 Å². The number of hydrogen-bond donors (Lipinski definition) is 0. The molecule has 0 spiro atoms. The Morgan fingerprint density at radius 2 is 1.38 bits per heavy atom. The number of fused-ring (bicyclic) bond motifs is 2. The number of hydrogen-bond acceptors (Lipinski definition) is 3. The number of carbonyl (C=O) groups excluding carboxylic acids is 1. The lowest BCUT2D eigenvalue weighted by atomic mass is 9.88. The molecule has 0 aliphatic carbocycles. The van der Waals surface area contributed by atoms with Gasteiger partial charge in [0.2, 0.25) is 0 Å². The van der Waals surface area contributed by atoms with E-state index in [1.54, 1.807) is 14.0 Å². The van der Waals surface area contributed by atoms with Gasteiger partial charge in [-0.3, -0.25) is 0 Å². The van der Waals surface area contributed by atoms with Crippen LogP contribution in [0.2, 0.25) is 0 Å². The van der Waals surface area contributed by atoms with Crippen LogP contribution in [0.5, 0.6) is 5.75 Å². The lowest BCUT2D eigenvalue weighted by Gasteiger charge is -2.16. The third-order valence-corrected chi connectivity index (χ3v) is 5.02. The van der Waals surface area contributed by atoms with E-state index in [0.29, 0.717) is 6.61 Å². The number of carbonyl (C=O) groups is 1. The second-order valence-corrected chi connectivity index (χ2v) is 6.69. The van der Waals surface area contributed by atoms with Gasteiger partial charge in [-0.15, -0.1) is 0 Å². The van der Waals surface area contributed by atoms with Gasteiger partial charge in [0, 0.05) is 6.08 Å². The van der Waals surface area contributed by atoms with E-state index in [2.05, 4.69) is 36.4 Å². The average molecular weight is 382 g/mol. The lowest BCUT2D eigenvalue weighted by Crippen LogP contribution is -1.99. The van der Waals surface area contributed by atoms with Gasteiger partial charge in [-0.1, -0.05) is 60.7 Å². The van der Waals surface area contributed by atoms with Gasteiger partial charge in [-0.05, 0) is 63.4 Å². The van der Waals surface area contributed by atoms with E-state index in [-0.39, 0.29) is 5.97 Å².